The summed E-state index contributed by atoms with van der Waals surface area (Å²) in [7, 11) is 9.13. The molecular weight excluding hydrogens is 903 g/mol. The Labute approximate surface area is 411 Å². The molecule has 1 fully saturated rings. The zero-order chi connectivity index (χ0) is 53.1. The van der Waals surface area contributed by atoms with Crippen LogP contribution in [0.2, 0.25) is 0 Å². The quantitative estimate of drug-likeness (QED) is 0.0702. The number of nitrogens with one attached hydrogen (secondary N) is 1. The van der Waals surface area contributed by atoms with Gasteiger partial charge in [-0.2, -0.15) is 5.06 Å². The summed E-state index contributed by atoms with van der Waals surface area (Å²) in [6, 6.07) is -1.20. The summed E-state index contributed by atoms with van der Waals surface area (Å²) in [5.41, 5.74) is 4.34. The molecule has 2 unspecified atom stereocenters. The maximum Gasteiger partial charge on any atom is 0.242 e. The van der Waals surface area contributed by atoms with Gasteiger partial charge in [-0.05, 0) is 75.2 Å². The van der Waals surface area contributed by atoms with Crippen LogP contribution in [-0.4, -0.2) is 264 Å². The van der Waals surface area contributed by atoms with Crippen LogP contribution >= 0.6 is 0 Å². The highest BCUT2D eigenvalue weighted by Crippen LogP contribution is 2.36. The van der Waals surface area contributed by atoms with Crippen LogP contribution in [0.15, 0.2) is 0 Å². The Bertz CT molecular complexity index is 1540. The predicted octanol–water partition coefficient (Wildman–Crippen LogP) is -0.488. The van der Waals surface area contributed by atoms with Gasteiger partial charge in [0, 0.05) is 79.4 Å². The van der Waals surface area contributed by atoms with E-state index < -0.39 is 34.8 Å². The summed E-state index contributed by atoms with van der Waals surface area (Å²) in [6.45, 7) is 18.4. The molecule has 4 atom stereocenters. The third-order valence-electron chi connectivity index (χ3n) is 11.8. The van der Waals surface area contributed by atoms with E-state index in [1.165, 1.54) is 58.0 Å². The lowest BCUT2D eigenvalue weighted by Crippen LogP contribution is -2.63. The standard InChI is InChI=1S/C28H55N5O7.C18H34N4O7/c1-11-31(21(2)19-39-9)26(36)17-30(12-13-38-8)25(35)18-32(22(3)20-40-10)24(34)16-29-23-14-27(4,5)33(37)28(6,7)15-23;1-14(11-28-4)21(13-23)9-17(25)20(6-7-27-3)10-18(26)22(8-16(19)24)15(2)12-29-5/h21-23,29,37H,11-20H2,1-10H3;13-15H,6-12H2,1-5H3,(H2,19,24)/t;14-,15-/m.0/s1. The molecule has 0 spiro atoms. The van der Waals surface area contributed by atoms with Crippen LogP contribution in [0.5, 0.6) is 0 Å². The van der Waals surface area contributed by atoms with Crippen LogP contribution in [-0.2, 0) is 62.0 Å². The smallest absolute Gasteiger partial charge is 0.242 e. The number of nitrogens with zero attached hydrogens (tertiary/aromatic N) is 7. The number of methoxy groups -OCH3 is 6. The lowest BCUT2D eigenvalue weighted by molar-refractivity contribution is -0.246. The van der Waals surface area contributed by atoms with E-state index in [4.69, 9.17) is 34.2 Å². The molecule has 0 aliphatic carbocycles. The second-order valence-electron chi connectivity index (χ2n) is 18.7. The topological polar surface area (TPSA) is 256 Å². The first kappa shape index (κ1) is 64.9. The first-order valence-corrected chi connectivity index (χ1v) is 23.5. The van der Waals surface area contributed by atoms with E-state index in [1.807, 2.05) is 48.5 Å². The second-order valence-corrected chi connectivity index (χ2v) is 18.7. The van der Waals surface area contributed by atoms with Gasteiger partial charge in [-0.25, -0.2) is 0 Å². The zero-order valence-electron chi connectivity index (χ0n) is 44.4. The van der Waals surface area contributed by atoms with Crippen molar-refractivity contribution >= 4 is 41.9 Å². The fraction of sp³-hybridized carbons (Fsp3) is 0.848. The van der Waals surface area contributed by atoms with Crippen molar-refractivity contribution in [3.63, 3.8) is 0 Å². The van der Waals surface area contributed by atoms with Crippen molar-refractivity contribution in [3.05, 3.63) is 0 Å². The molecule has 4 N–H and O–H groups in total. The van der Waals surface area contributed by atoms with E-state index in [-0.39, 0.29) is 127 Å². The fourth-order valence-corrected chi connectivity index (χ4v) is 8.25. The monoisotopic (exact) mass is 992 g/mol. The second kappa shape index (κ2) is 33.5. The number of amides is 7. The Morgan fingerprint density at radius 1 is 0.609 bits per heavy atom. The SMILES string of the molecule is CCN(C(=O)CN(CCOC)C(=O)CN(C(=O)CNC1CC(C)(C)N(O)C(C)(C)C1)C(C)COC)C(C)COC.COCCN(CC(=O)N(CC(N)=O)[C@@H](C)COC)C(=O)CN(C=O)[C@@H](C)COC. The molecule has 23 nitrogen and oxygen atoms in total. The van der Waals surface area contributed by atoms with Gasteiger partial charge in [0.05, 0.1) is 96.5 Å². The molecule has 1 saturated heterocycles. The molecule has 0 aromatic heterocycles. The minimum atomic E-state index is -0.670. The van der Waals surface area contributed by atoms with Crippen molar-refractivity contribution < 1.29 is 67.2 Å². The first-order chi connectivity index (χ1) is 32.4. The molecule has 0 radical (unpaired) electrons. The average molecular weight is 992 g/mol. The number of rotatable bonds is 33. The van der Waals surface area contributed by atoms with Gasteiger partial charge in [-0.1, -0.05) is 0 Å². The number of carbonyl (C=O) groups excluding carboxylic acids is 7. The van der Waals surface area contributed by atoms with E-state index in [1.54, 1.807) is 33.0 Å². The van der Waals surface area contributed by atoms with Gasteiger partial charge in [0.2, 0.25) is 41.9 Å². The molecule has 0 saturated carbocycles. The third kappa shape index (κ3) is 23.1. The minimum Gasteiger partial charge on any atom is -0.383 e. The largest absolute Gasteiger partial charge is 0.383 e. The Balaban J connectivity index is 0.00000141. The first-order valence-electron chi connectivity index (χ1n) is 23.5. The molecule has 0 aromatic rings. The normalized spacial score (nSPS) is 16.2. The maximum absolute atomic E-state index is 13.5. The molecule has 69 heavy (non-hydrogen) atoms. The van der Waals surface area contributed by atoms with Gasteiger partial charge in [0.15, 0.2) is 0 Å². The summed E-state index contributed by atoms with van der Waals surface area (Å²) in [4.78, 5) is 96.8. The van der Waals surface area contributed by atoms with Crippen LogP contribution in [0, 0.1) is 0 Å². The molecule has 1 rings (SSSR count). The summed E-state index contributed by atoms with van der Waals surface area (Å²) >= 11 is 0. The number of hydrogen-bond donors (Lipinski definition) is 3. The maximum atomic E-state index is 13.5. The molecule has 402 valence electrons. The van der Waals surface area contributed by atoms with Crippen LogP contribution in [0.1, 0.15) is 75.2 Å². The van der Waals surface area contributed by atoms with Gasteiger partial charge in [-0.3, -0.25) is 33.6 Å². The number of carbonyl (C=O) groups is 7. The van der Waals surface area contributed by atoms with E-state index in [0.717, 1.165) is 0 Å². The molecule has 0 aromatic carbocycles. The van der Waals surface area contributed by atoms with E-state index in [0.29, 0.717) is 32.4 Å². The van der Waals surface area contributed by atoms with Gasteiger partial charge in [-0.15, -0.1) is 0 Å². The fourth-order valence-electron chi connectivity index (χ4n) is 8.25. The van der Waals surface area contributed by atoms with Crippen molar-refractivity contribution in [2.75, 3.05) is 141 Å². The molecule has 23 heteroatoms. The number of primary amides is 1. The zero-order valence-corrected chi connectivity index (χ0v) is 44.4. The van der Waals surface area contributed by atoms with Gasteiger partial charge < -0.3 is 74.1 Å². The number of hydroxylamine groups is 2. The van der Waals surface area contributed by atoms with Crippen LogP contribution in [0.4, 0.5) is 0 Å². The van der Waals surface area contributed by atoms with E-state index in [9.17, 15) is 38.8 Å². The van der Waals surface area contributed by atoms with Gasteiger partial charge >= 0.3 is 0 Å². The van der Waals surface area contributed by atoms with Crippen molar-refractivity contribution in [1.29, 1.82) is 0 Å². The lowest BCUT2D eigenvalue weighted by Gasteiger charge is -2.51. The molecule has 1 aliphatic heterocycles. The predicted molar refractivity (Wildman–Crippen MR) is 258 cm³/mol. The van der Waals surface area contributed by atoms with Crippen LogP contribution in [0.3, 0.4) is 0 Å². The van der Waals surface area contributed by atoms with Crippen molar-refractivity contribution in [2.24, 2.45) is 5.73 Å². The summed E-state index contributed by atoms with van der Waals surface area (Å²) in [5.74, 6) is -2.32. The lowest BCUT2D eigenvalue weighted by atomic mass is 9.79. The molecule has 7 amide bonds. The highest BCUT2D eigenvalue weighted by molar-refractivity contribution is 5.90. The van der Waals surface area contributed by atoms with E-state index in [2.05, 4.69) is 5.32 Å². The third-order valence-corrected chi connectivity index (χ3v) is 11.8. The number of likely N-dealkylation sites (N-methyl/N-ethyl adjacent to an activating group) is 1. The highest BCUT2D eigenvalue weighted by atomic mass is 16.5. The Morgan fingerprint density at radius 3 is 1.39 bits per heavy atom. The summed E-state index contributed by atoms with van der Waals surface area (Å²) < 4.78 is 30.8. The minimum absolute atomic E-state index is 0.0116. The number of ether oxygens (including phenoxy) is 6. The number of nitrogens with two attached hydrogens (primary N) is 1. The van der Waals surface area contributed by atoms with E-state index >= 15 is 0 Å². The molecule has 1 heterocycles. The summed E-state index contributed by atoms with van der Waals surface area (Å²) in [5, 5.41) is 15.4. The molecular formula is C46H89N9O14. The summed E-state index contributed by atoms with van der Waals surface area (Å²) in [6.07, 6.45) is 1.89. The van der Waals surface area contributed by atoms with Crippen molar-refractivity contribution in [3.8, 4) is 0 Å². The number of hydrogen-bond acceptors (Lipinski definition) is 16. The Hall–Kier alpha value is -4.07. The average Bonchev–Trinajstić information content (AvgIpc) is 3.27. The Morgan fingerprint density at radius 2 is 1.00 bits per heavy atom. The highest BCUT2D eigenvalue weighted by Gasteiger charge is 2.45. The van der Waals surface area contributed by atoms with Crippen molar-refractivity contribution in [1.82, 2.24) is 39.8 Å². The Kier molecular flexibility index (Phi) is 31.5. The molecule has 1 aliphatic rings. The van der Waals surface area contributed by atoms with Gasteiger partial charge in [0.25, 0.3) is 0 Å². The number of piperidine rings is 1. The van der Waals surface area contributed by atoms with Gasteiger partial charge in [0.1, 0.15) is 6.54 Å². The molecule has 0 bridgehead atoms. The van der Waals surface area contributed by atoms with Crippen LogP contribution < -0.4 is 11.1 Å². The van der Waals surface area contributed by atoms with Crippen LogP contribution in [0.25, 0.3) is 0 Å². The van der Waals surface area contributed by atoms with Crippen molar-refractivity contribution in [2.45, 2.75) is 116 Å².